The van der Waals surface area contributed by atoms with Crippen LogP contribution in [0.1, 0.15) is 36.4 Å². The van der Waals surface area contributed by atoms with Crippen molar-refractivity contribution in [2.45, 2.75) is 31.7 Å². The molecule has 1 aliphatic rings. The fraction of sp³-hybridized carbons (Fsp3) is 0.600. The highest BCUT2D eigenvalue weighted by molar-refractivity contribution is 5.31. The molecular formula is C15H24N2. The van der Waals surface area contributed by atoms with Crippen molar-refractivity contribution in [1.29, 1.82) is 0 Å². The molecule has 0 amide bonds. The highest BCUT2D eigenvalue weighted by atomic mass is 15.1. The van der Waals surface area contributed by atoms with Crippen molar-refractivity contribution in [2.75, 3.05) is 27.2 Å². The van der Waals surface area contributed by atoms with Gasteiger partial charge in [0.1, 0.15) is 0 Å². The van der Waals surface area contributed by atoms with Gasteiger partial charge in [-0.1, -0.05) is 30.7 Å². The Balaban J connectivity index is 2.01. The van der Waals surface area contributed by atoms with E-state index in [1.165, 1.54) is 31.2 Å². The fourth-order valence-electron chi connectivity index (χ4n) is 2.60. The molecular weight excluding hydrogens is 208 g/mol. The van der Waals surface area contributed by atoms with Gasteiger partial charge in [0.25, 0.3) is 0 Å². The van der Waals surface area contributed by atoms with Gasteiger partial charge in [0.05, 0.1) is 0 Å². The summed E-state index contributed by atoms with van der Waals surface area (Å²) in [6.45, 7) is 2.19. The first-order chi connectivity index (χ1) is 8.27. The number of likely N-dealkylation sites (N-methyl/N-ethyl adjacent to an activating group) is 1. The van der Waals surface area contributed by atoms with Crippen LogP contribution < -0.4 is 5.32 Å². The molecule has 0 heterocycles. The van der Waals surface area contributed by atoms with Crippen LogP contribution in [0, 0.1) is 0 Å². The monoisotopic (exact) mass is 232 g/mol. The Bertz CT molecular complexity index is 347. The Morgan fingerprint density at radius 2 is 2.06 bits per heavy atom. The molecule has 0 fully saturated rings. The summed E-state index contributed by atoms with van der Waals surface area (Å²) in [4.78, 5) is 2.23. The quantitative estimate of drug-likeness (QED) is 0.803. The highest BCUT2D eigenvalue weighted by Gasteiger charge is 2.17. The summed E-state index contributed by atoms with van der Waals surface area (Å²) in [7, 11) is 4.26. The maximum absolute atomic E-state index is 3.71. The highest BCUT2D eigenvalue weighted by Crippen LogP contribution is 2.28. The Hall–Kier alpha value is -0.860. The summed E-state index contributed by atoms with van der Waals surface area (Å²) in [5.74, 6) is 0. The van der Waals surface area contributed by atoms with Gasteiger partial charge in [-0.2, -0.15) is 0 Å². The van der Waals surface area contributed by atoms with Gasteiger partial charge in [0.2, 0.25) is 0 Å². The summed E-state index contributed by atoms with van der Waals surface area (Å²) >= 11 is 0. The predicted molar refractivity (Wildman–Crippen MR) is 73.3 cm³/mol. The van der Waals surface area contributed by atoms with E-state index < -0.39 is 0 Å². The van der Waals surface area contributed by atoms with E-state index in [0.29, 0.717) is 6.04 Å². The summed E-state index contributed by atoms with van der Waals surface area (Å²) in [5.41, 5.74) is 3.08. The van der Waals surface area contributed by atoms with E-state index in [1.54, 1.807) is 5.56 Å². The average Bonchev–Trinajstić information content (AvgIpc) is 2.52. The molecule has 0 aliphatic heterocycles. The standard InChI is InChI=1S/C15H24N2/c1-17(2)12-11-16-15-10-6-4-8-13-7-3-5-9-14(13)15/h3,5,7,9,15-16H,4,6,8,10-12H2,1-2H3. The van der Waals surface area contributed by atoms with Crippen molar-refractivity contribution in [2.24, 2.45) is 0 Å². The molecule has 1 atom stereocenters. The maximum Gasteiger partial charge on any atom is 0.0323 e. The second-order valence-corrected chi connectivity index (χ2v) is 5.25. The second-order valence-electron chi connectivity index (χ2n) is 5.25. The zero-order chi connectivity index (χ0) is 12.1. The molecule has 0 spiro atoms. The van der Waals surface area contributed by atoms with Gasteiger partial charge in [0, 0.05) is 19.1 Å². The number of hydrogen-bond donors (Lipinski definition) is 1. The average molecular weight is 232 g/mol. The fourth-order valence-corrected chi connectivity index (χ4v) is 2.60. The zero-order valence-corrected chi connectivity index (χ0v) is 11.1. The second kappa shape index (κ2) is 6.18. The van der Waals surface area contributed by atoms with Gasteiger partial charge in [-0.25, -0.2) is 0 Å². The largest absolute Gasteiger partial charge is 0.309 e. The Kier molecular flexibility index (Phi) is 4.57. The van der Waals surface area contributed by atoms with Crippen LogP contribution in [-0.4, -0.2) is 32.1 Å². The number of nitrogens with zero attached hydrogens (tertiary/aromatic N) is 1. The Morgan fingerprint density at radius 3 is 2.88 bits per heavy atom. The zero-order valence-electron chi connectivity index (χ0n) is 11.1. The molecule has 0 saturated carbocycles. The van der Waals surface area contributed by atoms with Crippen LogP contribution in [0.4, 0.5) is 0 Å². The third kappa shape index (κ3) is 3.55. The number of rotatable bonds is 4. The van der Waals surface area contributed by atoms with E-state index in [0.717, 1.165) is 13.1 Å². The minimum atomic E-state index is 0.564. The molecule has 0 saturated heterocycles. The van der Waals surface area contributed by atoms with Crippen LogP contribution in [0.15, 0.2) is 24.3 Å². The number of aryl methyl sites for hydroxylation is 1. The molecule has 1 aliphatic carbocycles. The molecule has 0 radical (unpaired) electrons. The van der Waals surface area contributed by atoms with Crippen LogP contribution in [-0.2, 0) is 6.42 Å². The molecule has 2 nitrogen and oxygen atoms in total. The lowest BCUT2D eigenvalue weighted by atomic mass is 9.99. The molecule has 1 N–H and O–H groups in total. The van der Waals surface area contributed by atoms with Crippen LogP contribution in [0.2, 0.25) is 0 Å². The first-order valence-corrected chi connectivity index (χ1v) is 6.73. The van der Waals surface area contributed by atoms with Crippen molar-refractivity contribution in [3.8, 4) is 0 Å². The maximum atomic E-state index is 3.71. The van der Waals surface area contributed by atoms with Gasteiger partial charge in [-0.3, -0.25) is 0 Å². The van der Waals surface area contributed by atoms with Crippen LogP contribution in [0.25, 0.3) is 0 Å². The van der Waals surface area contributed by atoms with Crippen LogP contribution in [0.5, 0.6) is 0 Å². The van der Waals surface area contributed by atoms with Crippen LogP contribution in [0.3, 0.4) is 0 Å². The van der Waals surface area contributed by atoms with Gasteiger partial charge in [-0.05, 0) is 44.5 Å². The van der Waals surface area contributed by atoms with E-state index in [2.05, 4.69) is 48.6 Å². The van der Waals surface area contributed by atoms with E-state index in [9.17, 15) is 0 Å². The lowest BCUT2D eigenvalue weighted by molar-refractivity contribution is 0.378. The minimum Gasteiger partial charge on any atom is -0.309 e. The number of fused-ring (bicyclic) bond motifs is 1. The van der Waals surface area contributed by atoms with E-state index in [-0.39, 0.29) is 0 Å². The van der Waals surface area contributed by atoms with Crippen molar-refractivity contribution in [3.63, 3.8) is 0 Å². The smallest absolute Gasteiger partial charge is 0.0323 e. The molecule has 1 unspecified atom stereocenters. The third-order valence-corrected chi connectivity index (χ3v) is 3.57. The summed E-state index contributed by atoms with van der Waals surface area (Å²) in [6.07, 6.45) is 5.21. The number of hydrogen-bond acceptors (Lipinski definition) is 2. The molecule has 17 heavy (non-hydrogen) atoms. The lowest BCUT2D eigenvalue weighted by Crippen LogP contribution is -2.30. The van der Waals surface area contributed by atoms with Crippen molar-refractivity contribution in [1.82, 2.24) is 10.2 Å². The normalized spacial score (nSPS) is 20.1. The van der Waals surface area contributed by atoms with Gasteiger partial charge in [0.15, 0.2) is 0 Å². The minimum absolute atomic E-state index is 0.564. The van der Waals surface area contributed by atoms with Gasteiger partial charge < -0.3 is 10.2 Å². The lowest BCUT2D eigenvalue weighted by Gasteiger charge is -2.20. The number of benzene rings is 1. The van der Waals surface area contributed by atoms with E-state index in [1.807, 2.05) is 0 Å². The van der Waals surface area contributed by atoms with Crippen molar-refractivity contribution < 1.29 is 0 Å². The Labute approximate surface area is 105 Å². The molecule has 2 heteroatoms. The summed E-state index contributed by atoms with van der Waals surface area (Å²) < 4.78 is 0. The Morgan fingerprint density at radius 1 is 1.24 bits per heavy atom. The molecule has 2 rings (SSSR count). The van der Waals surface area contributed by atoms with E-state index in [4.69, 9.17) is 0 Å². The number of nitrogens with one attached hydrogen (secondary N) is 1. The summed E-state index contributed by atoms with van der Waals surface area (Å²) in [5, 5.41) is 3.71. The molecule has 1 aromatic carbocycles. The SMILES string of the molecule is CN(C)CCNC1CCCCc2ccccc21. The van der Waals surface area contributed by atoms with Crippen molar-refractivity contribution in [3.05, 3.63) is 35.4 Å². The molecule has 94 valence electrons. The van der Waals surface area contributed by atoms with E-state index >= 15 is 0 Å². The summed E-state index contributed by atoms with van der Waals surface area (Å²) in [6, 6.07) is 9.50. The van der Waals surface area contributed by atoms with Gasteiger partial charge in [-0.15, -0.1) is 0 Å². The van der Waals surface area contributed by atoms with Crippen LogP contribution >= 0.6 is 0 Å². The first-order valence-electron chi connectivity index (χ1n) is 6.73. The van der Waals surface area contributed by atoms with Crippen molar-refractivity contribution >= 4 is 0 Å². The van der Waals surface area contributed by atoms with Gasteiger partial charge >= 0.3 is 0 Å². The molecule has 1 aromatic rings. The first kappa shape index (κ1) is 12.6. The molecule has 0 aromatic heterocycles. The predicted octanol–water partition coefficient (Wildman–Crippen LogP) is 2.61. The third-order valence-electron chi connectivity index (χ3n) is 3.57. The topological polar surface area (TPSA) is 15.3 Å². The molecule has 0 bridgehead atoms.